The third-order valence-electron chi connectivity index (χ3n) is 4.04. The van der Waals surface area contributed by atoms with Gasteiger partial charge in [-0.3, -0.25) is 0 Å². The van der Waals surface area contributed by atoms with Crippen LogP contribution in [0.1, 0.15) is 19.3 Å². The Bertz CT molecular complexity index is 844. The number of fused-ring (bicyclic) bond motifs is 1. The monoisotopic (exact) mass is 322 g/mol. The average Bonchev–Trinajstić information content (AvgIpc) is 2.54. The lowest BCUT2D eigenvalue weighted by Gasteiger charge is -2.33. The molecule has 0 radical (unpaired) electrons. The molecule has 0 amide bonds. The number of hydrogen-bond acceptors (Lipinski definition) is 5. The minimum atomic E-state index is -3.59. The Morgan fingerprint density at radius 1 is 1.23 bits per heavy atom. The molecule has 2 heterocycles. The Kier molecular flexibility index (Phi) is 4.03. The SMILES string of the molecule is NCC1CCCCN1S(=O)(=O)c1ccc2oc(=O)ccc2c1. The van der Waals surface area contributed by atoms with E-state index in [1.54, 1.807) is 6.07 Å². The molecule has 0 spiro atoms. The molecule has 1 saturated heterocycles. The molecule has 7 heteroatoms. The molecule has 1 aromatic carbocycles. The summed E-state index contributed by atoms with van der Waals surface area (Å²) in [6, 6.07) is 7.23. The zero-order valence-electron chi connectivity index (χ0n) is 12.1. The summed E-state index contributed by atoms with van der Waals surface area (Å²) in [5.41, 5.74) is 5.64. The van der Waals surface area contributed by atoms with E-state index in [-0.39, 0.29) is 10.9 Å². The van der Waals surface area contributed by atoms with Gasteiger partial charge in [0, 0.05) is 30.6 Å². The topological polar surface area (TPSA) is 93.6 Å². The summed E-state index contributed by atoms with van der Waals surface area (Å²) in [4.78, 5) is 11.4. The number of hydrogen-bond donors (Lipinski definition) is 1. The van der Waals surface area contributed by atoms with Crippen molar-refractivity contribution in [2.75, 3.05) is 13.1 Å². The summed E-state index contributed by atoms with van der Waals surface area (Å²) in [7, 11) is -3.59. The second-order valence-electron chi connectivity index (χ2n) is 5.46. The van der Waals surface area contributed by atoms with E-state index in [1.165, 1.54) is 28.6 Å². The van der Waals surface area contributed by atoms with E-state index < -0.39 is 15.6 Å². The first-order valence-corrected chi connectivity index (χ1v) is 8.72. The molecule has 1 fully saturated rings. The molecule has 0 bridgehead atoms. The lowest BCUT2D eigenvalue weighted by Crippen LogP contribution is -2.47. The third kappa shape index (κ3) is 2.67. The molecule has 2 aromatic rings. The molecule has 0 aliphatic carbocycles. The summed E-state index contributed by atoms with van der Waals surface area (Å²) in [5.74, 6) is 0. The molecule has 1 unspecified atom stereocenters. The van der Waals surface area contributed by atoms with Crippen LogP contribution in [0.5, 0.6) is 0 Å². The Hall–Kier alpha value is -1.70. The van der Waals surface area contributed by atoms with E-state index in [4.69, 9.17) is 10.2 Å². The van der Waals surface area contributed by atoms with Crippen LogP contribution in [0.15, 0.2) is 44.4 Å². The van der Waals surface area contributed by atoms with Crippen molar-refractivity contribution in [3.63, 3.8) is 0 Å². The maximum Gasteiger partial charge on any atom is 0.336 e. The molecule has 22 heavy (non-hydrogen) atoms. The number of benzene rings is 1. The third-order valence-corrected chi connectivity index (χ3v) is 5.99. The molecular weight excluding hydrogens is 304 g/mol. The van der Waals surface area contributed by atoms with Gasteiger partial charge in [-0.25, -0.2) is 13.2 Å². The molecule has 118 valence electrons. The molecule has 0 saturated carbocycles. The predicted octanol–water partition coefficient (Wildman–Crippen LogP) is 1.29. The van der Waals surface area contributed by atoms with Crippen molar-refractivity contribution in [2.24, 2.45) is 5.73 Å². The Balaban J connectivity index is 2.04. The highest BCUT2D eigenvalue weighted by molar-refractivity contribution is 7.89. The van der Waals surface area contributed by atoms with Crippen LogP contribution < -0.4 is 11.4 Å². The summed E-state index contributed by atoms with van der Waals surface area (Å²) >= 11 is 0. The van der Waals surface area contributed by atoms with Crippen molar-refractivity contribution >= 4 is 21.0 Å². The van der Waals surface area contributed by atoms with Gasteiger partial charge in [0.2, 0.25) is 10.0 Å². The molecular formula is C15H18N2O4S. The van der Waals surface area contributed by atoms with Crippen molar-refractivity contribution in [1.29, 1.82) is 0 Å². The first-order valence-electron chi connectivity index (χ1n) is 7.28. The Morgan fingerprint density at radius 2 is 2.05 bits per heavy atom. The van der Waals surface area contributed by atoms with Gasteiger partial charge < -0.3 is 10.2 Å². The molecule has 1 aliphatic heterocycles. The first-order chi connectivity index (χ1) is 10.5. The zero-order valence-corrected chi connectivity index (χ0v) is 12.9. The molecule has 1 atom stereocenters. The normalized spacial score (nSPS) is 20.3. The second-order valence-corrected chi connectivity index (χ2v) is 7.35. The van der Waals surface area contributed by atoms with Crippen LogP contribution in [-0.2, 0) is 10.0 Å². The summed E-state index contributed by atoms with van der Waals surface area (Å²) in [5, 5.41) is 0.585. The molecule has 1 aliphatic rings. The van der Waals surface area contributed by atoms with E-state index in [2.05, 4.69) is 0 Å². The fourth-order valence-corrected chi connectivity index (χ4v) is 4.61. The standard InChI is InChI=1S/C15H18N2O4S/c16-10-12-3-1-2-8-17(12)22(19,20)13-5-6-14-11(9-13)4-7-15(18)21-14/h4-7,9,12H,1-3,8,10,16H2. The second kappa shape index (κ2) is 5.83. The van der Waals surface area contributed by atoms with Crippen LogP contribution in [-0.4, -0.2) is 31.9 Å². The van der Waals surface area contributed by atoms with Crippen LogP contribution >= 0.6 is 0 Å². The average molecular weight is 322 g/mol. The van der Waals surface area contributed by atoms with Crippen molar-refractivity contribution in [3.8, 4) is 0 Å². The van der Waals surface area contributed by atoms with E-state index in [1.807, 2.05) is 0 Å². The highest BCUT2D eigenvalue weighted by Gasteiger charge is 2.32. The first kappa shape index (κ1) is 15.2. The lowest BCUT2D eigenvalue weighted by molar-refractivity contribution is 0.257. The van der Waals surface area contributed by atoms with Crippen LogP contribution in [0.3, 0.4) is 0 Å². The Morgan fingerprint density at radius 3 is 2.82 bits per heavy atom. The highest BCUT2D eigenvalue weighted by Crippen LogP contribution is 2.26. The van der Waals surface area contributed by atoms with Gasteiger partial charge in [-0.05, 0) is 37.1 Å². The lowest BCUT2D eigenvalue weighted by atomic mass is 10.1. The number of rotatable bonds is 3. The zero-order chi connectivity index (χ0) is 15.7. The largest absolute Gasteiger partial charge is 0.423 e. The van der Waals surface area contributed by atoms with Crippen molar-refractivity contribution in [2.45, 2.75) is 30.2 Å². The molecule has 6 nitrogen and oxygen atoms in total. The van der Waals surface area contributed by atoms with Crippen molar-refractivity contribution in [1.82, 2.24) is 4.31 Å². The summed E-state index contributed by atoms with van der Waals surface area (Å²) in [6.07, 6.45) is 2.63. The number of nitrogens with two attached hydrogens (primary N) is 1. The number of nitrogens with zero attached hydrogens (tertiary/aromatic N) is 1. The van der Waals surface area contributed by atoms with Gasteiger partial charge in [0.25, 0.3) is 0 Å². The van der Waals surface area contributed by atoms with E-state index in [9.17, 15) is 13.2 Å². The maximum atomic E-state index is 12.8. The Labute approximate surface area is 128 Å². The smallest absolute Gasteiger partial charge is 0.336 e. The summed E-state index contributed by atoms with van der Waals surface area (Å²) < 4.78 is 32.2. The van der Waals surface area contributed by atoms with Gasteiger partial charge in [-0.2, -0.15) is 4.31 Å². The number of sulfonamides is 1. The van der Waals surface area contributed by atoms with E-state index in [0.29, 0.717) is 24.1 Å². The maximum absolute atomic E-state index is 12.8. The van der Waals surface area contributed by atoms with Gasteiger partial charge in [-0.15, -0.1) is 0 Å². The van der Waals surface area contributed by atoms with Gasteiger partial charge in [0.1, 0.15) is 5.58 Å². The van der Waals surface area contributed by atoms with Crippen molar-refractivity contribution < 1.29 is 12.8 Å². The number of piperidine rings is 1. The quantitative estimate of drug-likeness (QED) is 0.860. The van der Waals surface area contributed by atoms with Gasteiger partial charge in [0.15, 0.2) is 0 Å². The van der Waals surface area contributed by atoms with Gasteiger partial charge >= 0.3 is 5.63 Å². The van der Waals surface area contributed by atoms with Crippen molar-refractivity contribution in [3.05, 3.63) is 40.8 Å². The van der Waals surface area contributed by atoms with E-state index in [0.717, 1.165) is 19.3 Å². The van der Waals surface area contributed by atoms with Crippen LogP contribution in [0.25, 0.3) is 11.0 Å². The minimum Gasteiger partial charge on any atom is -0.423 e. The fourth-order valence-electron chi connectivity index (χ4n) is 2.87. The van der Waals surface area contributed by atoms with Crippen LogP contribution in [0, 0.1) is 0 Å². The van der Waals surface area contributed by atoms with Crippen LogP contribution in [0.2, 0.25) is 0 Å². The van der Waals surface area contributed by atoms with Crippen LogP contribution in [0.4, 0.5) is 0 Å². The predicted molar refractivity (Wildman–Crippen MR) is 83.1 cm³/mol. The molecule has 2 N–H and O–H groups in total. The minimum absolute atomic E-state index is 0.150. The molecule has 1 aromatic heterocycles. The highest BCUT2D eigenvalue weighted by atomic mass is 32.2. The van der Waals surface area contributed by atoms with Gasteiger partial charge in [0.05, 0.1) is 4.90 Å². The molecule has 3 rings (SSSR count). The fraction of sp³-hybridized carbons (Fsp3) is 0.400. The van der Waals surface area contributed by atoms with E-state index >= 15 is 0 Å². The summed E-state index contributed by atoms with van der Waals surface area (Å²) in [6.45, 7) is 0.813. The van der Waals surface area contributed by atoms with Gasteiger partial charge in [-0.1, -0.05) is 6.42 Å².